The topological polar surface area (TPSA) is 107 Å². The summed E-state index contributed by atoms with van der Waals surface area (Å²) in [7, 11) is 1.34. The molecule has 0 aromatic carbocycles. The fraction of sp³-hybridized carbons (Fsp3) is 0.667. The number of carboxylic acids is 1. The lowest BCUT2D eigenvalue weighted by Gasteiger charge is -2.34. The van der Waals surface area contributed by atoms with E-state index in [4.69, 9.17) is 5.11 Å². The average Bonchev–Trinajstić information content (AvgIpc) is 2.57. The molecule has 0 bridgehead atoms. The lowest BCUT2D eigenvalue weighted by atomic mass is 10.0. The summed E-state index contributed by atoms with van der Waals surface area (Å²) in [4.78, 5) is 48.4. The normalized spacial score (nSPS) is 19.2. The molecule has 0 aliphatic carbocycles. The molecular formula is C12H19N3O5. The largest absolute Gasteiger partial charge is 0.480 e. The van der Waals surface area contributed by atoms with Gasteiger partial charge in [0.2, 0.25) is 5.91 Å². The first-order valence-electron chi connectivity index (χ1n) is 6.24. The molecule has 1 heterocycles. The van der Waals surface area contributed by atoms with E-state index < -0.39 is 29.5 Å². The highest BCUT2D eigenvalue weighted by Crippen LogP contribution is 2.16. The number of likely N-dealkylation sites (N-methyl/N-ethyl adjacent to an activating group) is 2. The number of hydrogen-bond acceptors (Lipinski definition) is 4. The highest BCUT2D eigenvalue weighted by molar-refractivity contribution is 6.06. The molecule has 4 amide bonds. The van der Waals surface area contributed by atoms with Crippen LogP contribution in [0, 0.1) is 0 Å². The van der Waals surface area contributed by atoms with Gasteiger partial charge in [0.15, 0.2) is 0 Å². The Kier molecular flexibility index (Phi) is 4.36. The lowest BCUT2D eigenvalue weighted by Crippen LogP contribution is -2.58. The van der Waals surface area contributed by atoms with Crippen LogP contribution in [0.15, 0.2) is 0 Å². The Morgan fingerprint density at radius 2 is 2.00 bits per heavy atom. The molecule has 1 aliphatic heterocycles. The summed E-state index contributed by atoms with van der Waals surface area (Å²) in [6.07, 6.45) is -0.105. The van der Waals surface area contributed by atoms with E-state index in [0.29, 0.717) is 0 Å². The zero-order valence-electron chi connectivity index (χ0n) is 12.0. The minimum Gasteiger partial charge on any atom is -0.480 e. The van der Waals surface area contributed by atoms with Crippen molar-refractivity contribution in [3.05, 3.63) is 0 Å². The summed E-state index contributed by atoms with van der Waals surface area (Å²) in [5.74, 6) is -2.02. The van der Waals surface area contributed by atoms with E-state index in [9.17, 15) is 19.2 Å². The smallest absolute Gasteiger partial charge is 0.329 e. The third-order valence-electron chi connectivity index (χ3n) is 3.44. The number of rotatable bonds is 4. The van der Waals surface area contributed by atoms with Gasteiger partial charge in [-0.25, -0.2) is 9.59 Å². The van der Waals surface area contributed by atoms with Crippen LogP contribution in [0.5, 0.6) is 0 Å². The van der Waals surface area contributed by atoms with Gasteiger partial charge in [-0.15, -0.1) is 0 Å². The Labute approximate surface area is 116 Å². The van der Waals surface area contributed by atoms with Crippen molar-refractivity contribution < 1.29 is 24.3 Å². The van der Waals surface area contributed by atoms with Crippen molar-refractivity contribution in [1.29, 1.82) is 0 Å². The molecule has 1 fully saturated rings. The summed E-state index contributed by atoms with van der Waals surface area (Å²) in [6.45, 7) is 4.59. The van der Waals surface area contributed by atoms with Crippen molar-refractivity contribution in [3.63, 3.8) is 0 Å². The van der Waals surface area contributed by atoms with Crippen LogP contribution in [0.3, 0.4) is 0 Å². The summed E-state index contributed by atoms with van der Waals surface area (Å²) in [6, 6.07) is -1.61. The van der Waals surface area contributed by atoms with Crippen LogP contribution in [0.4, 0.5) is 4.79 Å². The summed E-state index contributed by atoms with van der Waals surface area (Å²) in [5, 5.41) is 11.6. The van der Waals surface area contributed by atoms with Gasteiger partial charge in [0, 0.05) is 13.6 Å². The molecule has 2 N–H and O–H groups in total. The number of carbonyl (C=O) groups excluding carboxylic acids is 3. The Morgan fingerprint density at radius 1 is 1.45 bits per heavy atom. The van der Waals surface area contributed by atoms with Gasteiger partial charge in [-0.3, -0.25) is 14.5 Å². The van der Waals surface area contributed by atoms with E-state index in [0.717, 1.165) is 9.80 Å². The van der Waals surface area contributed by atoms with Crippen LogP contribution in [-0.2, 0) is 14.4 Å². The number of hydrogen-bond donors (Lipinski definition) is 2. The lowest BCUT2D eigenvalue weighted by molar-refractivity contribution is -0.147. The first-order chi connectivity index (χ1) is 9.12. The van der Waals surface area contributed by atoms with E-state index in [2.05, 4.69) is 5.32 Å². The zero-order valence-corrected chi connectivity index (χ0v) is 12.0. The Hall–Kier alpha value is -2.12. The fourth-order valence-electron chi connectivity index (χ4n) is 2.00. The second-order valence-corrected chi connectivity index (χ2v) is 5.11. The minimum absolute atomic E-state index is 0.105. The molecule has 8 heteroatoms. The molecule has 20 heavy (non-hydrogen) atoms. The third-order valence-corrected chi connectivity index (χ3v) is 3.44. The van der Waals surface area contributed by atoms with Gasteiger partial charge < -0.3 is 15.3 Å². The van der Waals surface area contributed by atoms with Gasteiger partial charge in [0.05, 0.1) is 6.42 Å². The van der Waals surface area contributed by atoms with Crippen LogP contribution in [0.2, 0.25) is 0 Å². The van der Waals surface area contributed by atoms with Gasteiger partial charge in [-0.2, -0.15) is 0 Å². The molecule has 8 nitrogen and oxygen atoms in total. The van der Waals surface area contributed by atoms with Crippen molar-refractivity contribution in [2.24, 2.45) is 0 Å². The molecule has 0 spiro atoms. The van der Waals surface area contributed by atoms with Crippen molar-refractivity contribution in [1.82, 2.24) is 15.1 Å². The number of imide groups is 1. The van der Waals surface area contributed by atoms with Crippen molar-refractivity contribution >= 4 is 23.8 Å². The molecule has 112 valence electrons. The molecule has 1 saturated heterocycles. The number of urea groups is 1. The minimum atomic E-state index is -1.41. The first kappa shape index (κ1) is 15.9. The first-order valence-corrected chi connectivity index (χ1v) is 6.24. The predicted octanol–water partition coefficient (Wildman–Crippen LogP) is -0.362. The van der Waals surface area contributed by atoms with E-state index in [1.54, 1.807) is 6.92 Å². The maximum Gasteiger partial charge on any atom is 0.329 e. The number of aliphatic carboxylic acids is 1. The number of carbonyl (C=O) groups is 4. The number of amides is 4. The quantitative estimate of drug-likeness (QED) is 0.686. The standard InChI is InChI=1S/C12H19N3O5/c1-5-15(12(2,3)10(18)19)11(20)13-7-6-8(16)14(4)9(7)17/h7H,5-6H2,1-4H3,(H,13,20)(H,18,19). The molecule has 1 rings (SSSR count). The summed E-state index contributed by atoms with van der Waals surface area (Å²) < 4.78 is 0. The Balaban J connectivity index is 2.82. The van der Waals surface area contributed by atoms with E-state index in [1.165, 1.54) is 20.9 Å². The summed E-state index contributed by atoms with van der Waals surface area (Å²) >= 11 is 0. The van der Waals surface area contributed by atoms with Crippen LogP contribution in [-0.4, -0.2) is 63.9 Å². The van der Waals surface area contributed by atoms with Gasteiger partial charge in [-0.1, -0.05) is 0 Å². The second-order valence-electron chi connectivity index (χ2n) is 5.11. The van der Waals surface area contributed by atoms with Crippen molar-refractivity contribution in [2.45, 2.75) is 38.8 Å². The average molecular weight is 285 g/mol. The molecule has 1 aliphatic rings. The van der Waals surface area contributed by atoms with E-state index in [1.807, 2.05) is 0 Å². The molecule has 0 aromatic heterocycles. The van der Waals surface area contributed by atoms with Crippen LogP contribution >= 0.6 is 0 Å². The van der Waals surface area contributed by atoms with Crippen molar-refractivity contribution in [3.8, 4) is 0 Å². The monoisotopic (exact) mass is 285 g/mol. The van der Waals surface area contributed by atoms with Crippen molar-refractivity contribution in [2.75, 3.05) is 13.6 Å². The maximum atomic E-state index is 12.1. The molecule has 0 radical (unpaired) electrons. The molecule has 1 atom stereocenters. The van der Waals surface area contributed by atoms with Crippen LogP contribution < -0.4 is 5.32 Å². The molecule has 1 unspecified atom stereocenters. The molecule has 0 aromatic rings. The second kappa shape index (κ2) is 5.48. The van der Waals surface area contributed by atoms with Crippen LogP contribution in [0.1, 0.15) is 27.2 Å². The van der Waals surface area contributed by atoms with E-state index in [-0.39, 0.29) is 18.9 Å². The maximum absolute atomic E-state index is 12.1. The van der Waals surface area contributed by atoms with Gasteiger partial charge >= 0.3 is 12.0 Å². The third kappa shape index (κ3) is 2.73. The van der Waals surface area contributed by atoms with E-state index >= 15 is 0 Å². The number of carboxylic acid groups (broad SMARTS) is 1. The molecular weight excluding hydrogens is 266 g/mol. The number of likely N-dealkylation sites (tertiary alicyclic amines) is 1. The zero-order chi connectivity index (χ0) is 15.7. The van der Waals surface area contributed by atoms with Gasteiger partial charge in [0.1, 0.15) is 11.6 Å². The SMILES string of the molecule is CCN(C(=O)NC1CC(=O)N(C)C1=O)C(C)(C)C(=O)O. The van der Waals surface area contributed by atoms with Gasteiger partial charge in [-0.05, 0) is 20.8 Å². The van der Waals surface area contributed by atoms with Crippen LogP contribution in [0.25, 0.3) is 0 Å². The number of nitrogens with one attached hydrogen (secondary N) is 1. The molecule has 0 saturated carbocycles. The highest BCUT2D eigenvalue weighted by Gasteiger charge is 2.41. The number of nitrogens with zero attached hydrogens (tertiary/aromatic N) is 2. The highest BCUT2D eigenvalue weighted by atomic mass is 16.4. The fourth-order valence-corrected chi connectivity index (χ4v) is 2.00. The Morgan fingerprint density at radius 3 is 2.35 bits per heavy atom. The predicted molar refractivity (Wildman–Crippen MR) is 68.8 cm³/mol. The summed E-state index contributed by atoms with van der Waals surface area (Å²) in [5.41, 5.74) is -1.41. The Bertz CT molecular complexity index is 460. The van der Waals surface area contributed by atoms with Gasteiger partial charge in [0.25, 0.3) is 5.91 Å².